The number of alkyl carbamates (subject to hydrolysis) is 1. The zero-order chi connectivity index (χ0) is 18.3. The van der Waals surface area contributed by atoms with Crippen LogP contribution >= 0.6 is 0 Å². The SMILES string of the molecule is CC(C)(C)OC(=O)NCC(C(=O)Nc1ccccc1)c1ccccc1. The van der Waals surface area contributed by atoms with Crippen molar-refractivity contribution < 1.29 is 14.3 Å². The summed E-state index contributed by atoms with van der Waals surface area (Å²) in [6.07, 6.45) is -0.541. The van der Waals surface area contributed by atoms with Gasteiger partial charge in [0.1, 0.15) is 5.60 Å². The summed E-state index contributed by atoms with van der Waals surface area (Å²) in [5.74, 6) is -0.706. The summed E-state index contributed by atoms with van der Waals surface area (Å²) in [6, 6.07) is 18.6. The molecule has 2 aromatic carbocycles. The maximum atomic E-state index is 12.7. The molecule has 5 heteroatoms. The van der Waals surface area contributed by atoms with Crippen LogP contribution in [0.25, 0.3) is 0 Å². The Morgan fingerprint density at radius 2 is 1.52 bits per heavy atom. The van der Waals surface area contributed by atoms with Crippen LogP contribution < -0.4 is 10.6 Å². The Balaban J connectivity index is 2.08. The Morgan fingerprint density at radius 3 is 2.08 bits per heavy atom. The van der Waals surface area contributed by atoms with Gasteiger partial charge in [-0.15, -0.1) is 0 Å². The second-order valence-electron chi connectivity index (χ2n) is 6.70. The number of nitrogens with one attached hydrogen (secondary N) is 2. The van der Waals surface area contributed by atoms with Gasteiger partial charge in [-0.25, -0.2) is 4.79 Å². The fourth-order valence-corrected chi connectivity index (χ4v) is 2.30. The van der Waals surface area contributed by atoms with Crippen LogP contribution in [0.5, 0.6) is 0 Å². The zero-order valence-corrected chi connectivity index (χ0v) is 14.8. The fraction of sp³-hybridized carbons (Fsp3) is 0.300. The quantitative estimate of drug-likeness (QED) is 0.866. The molecule has 2 amide bonds. The third kappa shape index (κ3) is 6.30. The van der Waals surface area contributed by atoms with Gasteiger partial charge in [-0.3, -0.25) is 4.79 Å². The van der Waals surface area contributed by atoms with E-state index in [2.05, 4.69) is 10.6 Å². The van der Waals surface area contributed by atoms with Gasteiger partial charge in [-0.1, -0.05) is 48.5 Å². The molecule has 25 heavy (non-hydrogen) atoms. The number of benzene rings is 2. The van der Waals surface area contributed by atoms with E-state index in [-0.39, 0.29) is 12.5 Å². The van der Waals surface area contributed by atoms with Crippen molar-refractivity contribution in [3.05, 3.63) is 66.2 Å². The Bertz CT molecular complexity index is 694. The summed E-state index contributed by atoms with van der Waals surface area (Å²) in [6.45, 7) is 5.54. The van der Waals surface area contributed by atoms with Crippen LogP contribution in [0.15, 0.2) is 60.7 Å². The molecule has 0 saturated heterocycles. The number of carbonyl (C=O) groups is 2. The maximum absolute atomic E-state index is 12.7. The molecule has 0 aliphatic heterocycles. The van der Waals surface area contributed by atoms with Crippen molar-refractivity contribution in [2.75, 3.05) is 11.9 Å². The average molecular weight is 340 g/mol. The van der Waals surface area contributed by atoms with Crippen molar-refractivity contribution in [1.82, 2.24) is 5.32 Å². The van der Waals surface area contributed by atoms with Crippen molar-refractivity contribution in [2.24, 2.45) is 0 Å². The van der Waals surface area contributed by atoms with Crippen molar-refractivity contribution in [1.29, 1.82) is 0 Å². The summed E-state index contributed by atoms with van der Waals surface area (Å²) in [5.41, 5.74) is 0.955. The van der Waals surface area contributed by atoms with Crippen LogP contribution in [0.2, 0.25) is 0 Å². The van der Waals surface area contributed by atoms with E-state index >= 15 is 0 Å². The Morgan fingerprint density at radius 1 is 0.960 bits per heavy atom. The van der Waals surface area contributed by atoms with Crippen molar-refractivity contribution >= 4 is 17.7 Å². The van der Waals surface area contributed by atoms with Crippen molar-refractivity contribution in [3.8, 4) is 0 Å². The van der Waals surface area contributed by atoms with Crippen LogP contribution in [0.4, 0.5) is 10.5 Å². The topological polar surface area (TPSA) is 67.4 Å². The highest BCUT2D eigenvalue weighted by molar-refractivity contribution is 5.96. The molecule has 0 fully saturated rings. The third-order valence-corrected chi connectivity index (χ3v) is 3.41. The van der Waals surface area contributed by atoms with E-state index in [4.69, 9.17) is 4.74 Å². The molecule has 2 rings (SSSR count). The van der Waals surface area contributed by atoms with Crippen LogP contribution in [0, 0.1) is 0 Å². The molecule has 2 N–H and O–H groups in total. The van der Waals surface area contributed by atoms with Crippen LogP contribution in [0.3, 0.4) is 0 Å². The molecular weight excluding hydrogens is 316 g/mol. The molecule has 0 aliphatic carbocycles. The lowest BCUT2D eigenvalue weighted by molar-refractivity contribution is -0.117. The number of anilines is 1. The summed E-state index contributed by atoms with van der Waals surface area (Å²) < 4.78 is 5.24. The Labute approximate surface area is 148 Å². The predicted octanol–water partition coefficient (Wildman–Crippen LogP) is 3.93. The molecule has 1 atom stereocenters. The average Bonchev–Trinajstić information content (AvgIpc) is 2.55. The van der Waals surface area contributed by atoms with Crippen molar-refractivity contribution in [3.63, 3.8) is 0 Å². The fourth-order valence-electron chi connectivity index (χ4n) is 2.30. The standard InChI is InChI=1S/C20H24N2O3/c1-20(2,3)25-19(24)21-14-17(15-10-6-4-7-11-15)18(23)22-16-12-8-5-9-13-16/h4-13,17H,14H2,1-3H3,(H,21,24)(H,22,23). The molecule has 0 radical (unpaired) electrons. The monoisotopic (exact) mass is 340 g/mol. The maximum Gasteiger partial charge on any atom is 0.407 e. The van der Waals surface area contributed by atoms with E-state index < -0.39 is 17.6 Å². The van der Waals surface area contributed by atoms with E-state index in [1.54, 1.807) is 20.8 Å². The van der Waals surface area contributed by atoms with Gasteiger partial charge < -0.3 is 15.4 Å². The molecule has 5 nitrogen and oxygen atoms in total. The van der Waals surface area contributed by atoms with Gasteiger partial charge in [0.05, 0.1) is 5.92 Å². The predicted molar refractivity (Wildman–Crippen MR) is 98.5 cm³/mol. The lowest BCUT2D eigenvalue weighted by atomic mass is 9.98. The molecule has 0 aliphatic rings. The minimum atomic E-state index is -0.585. The van der Waals surface area contributed by atoms with E-state index in [0.29, 0.717) is 5.69 Å². The van der Waals surface area contributed by atoms with E-state index in [1.807, 2.05) is 60.7 Å². The van der Waals surface area contributed by atoms with Gasteiger partial charge >= 0.3 is 6.09 Å². The second-order valence-corrected chi connectivity index (χ2v) is 6.70. The van der Waals surface area contributed by atoms with E-state index in [9.17, 15) is 9.59 Å². The third-order valence-electron chi connectivity index (χ3n) is 3.41. The summed E-state index contributed by atoms with van der Waals surface area (Å²) >= 11 is 0. The van der Waals surface area contributed by atoms with Gasteiger partial charge in [-0.05, 0) is 38.5 Å². The van der Waals surface area contributed by atoms with Crippen LogP contribution in [0.1, 0.15) is 32.3 Å². The normalized spacial score (nSPS) is 12.1. The lowest BCUT2D eigenvalue weighted by Crippen LogP contribution is -2.37. The van der Waals surface area contributed by atoms with Crippen LogP contribution in [-0.4, -0.2) is 24.1 Å². The zero-order valence-electron chi connectivity index (χ0n) is 14.8. The minimum absolute atomic E-state index is 0.150. The largest absolute Gasteiger partial charge is 0.444 e. The first-order chi connectivity index (χ1) is 11.8. The molecule has 0 bridgehead atoms. The highest BCUT2D eigenvalue weighted by Gasteiger charge is 2.23. The molecular formula is C20H24N2O3. The molecule has 0 spiro atoms. The smallest absolute Gasteiger partial charge is 0.407 e. The number of amides is 2. The number of para-hydroxylation sites is 1. The van der Waals surface area contributed by atoms with E-state index in [1.165, 1.54) is 0 Å². The highest BCUT2D eigenvalue weighted by atomic mass is 16.6. The Hall–Kier alpha value is -2.82. The summed E-state index contributed by atoms with van der Waals surface area (Å²) in [7, 11) is 0. The lowest BCUT2D eigenvalue weighted by Gasteiger charge is -2.22. The Kier molecular flexibility index (Phi) is 6.17. The first-order valence-electron chi connectivity index (χ1n) is 8.23. The van der Waals surface area contributed by atoms with Gasteiger partial charge in [0.15, 0.2) is 0 Å². The van der Waals surface area contributed by atoms with Gasteiger partial charge in [0.2, 0.25) is 5.91 Å². The first kappa shape index (κ1) is 18.5. The van der Waals surface area contributed by atoms with Gasteiger partial charge in [0.25, 0.3) is 0 Å². The molecule has 1 unspecified atom stereocenters. The number of rotatable bonds is 5. The highest BCUT2D eigenvalue weighted by Crippen LogP contribution is 2.18. The molecule has 132 valence electrons. The van der Waals surface area contributed by atoms with Gasteiger partial charge in [0, 0.05) is 12.2 Å². The van der Waals surface area contributed by atoms with Crippen molar-refractivity contribution in [2.45, 2.75) is 32.3 Å². The molecule has 2 aromatic rings. The summed E-state index contributed by atoms with van der Waals surface area (Å²) in [5, 5.41) is 5.56. The number of carbonyl (C=O) groups excluding carboxylic acids is 2. The molecule has 0 aromatic heterocycles. The van der Waals surface area contributed by atoms with Crippen LogP contribution in [-0.2, 0) is 9.53 Å². The van der Waals surface area contributed by atoms with Gasteiger partial charge in [-0.2, -0.15) is 0 Å². The molecule has 0 heterocycles. The number of hydrogen-bond donors (Lipinski definition) is 2. The summed E-state index contributed by atoms with van der Waals surface area (Å²) in [4.78, 5) is 24.6. The first-order valence-corrected chi connectivity index (χ1v) is 8.23. The number of hydrogen-bond acceptors (Lipinski definition) is 3. The minimum Gasteiger partial charge on any atom is -0.444 e. The molecule has 0 saturated carbocycles. The van der Waals surface area contributed by atoms with E-state index in [0.717, 1.165) is 5.56 Å². The number of ether oxygens (including phenoxy) is 1. The second kappa shape index (κ2) is 8.33.